The van der Waals surface area contributed by atoms with E-state index < -0.39 is 11.6 Å². The fraction of sp³-hybridized carbons (Fsp3) is 0.143. The van der Waals surface area contributed by atoms with Gasteiger partial charge in [-0.25, -0.2) is 8.78 Å². The molecule has 0 nitrogen and oxygen atoms in total. The quantitative estimate of drug-likeness (QED) is 0.644. The molecule has 4 heteroatoms. The molecule has 0 radical (unpaired) electrons. The van der Waals surface area contributed by atoms with Crippen molar-refractivity contribution >= 4 is 23.2 Å². The summed E-state index contributed by atoms with van der Waals surface area (Å²) in [5.74, 6) is -1.02. The second kappa shape index (κ2) is 4.87. The molecule has 0 saturated carbocycles. The molecule has 94 valence electrons. The predicted octanol–water partition coefficient (Wildman–Crippen LogP) is 5.56. The molecule has 18 heavy (non-hydrogen) atoms. The van der Waals surface area contributed by atoms with Crippen molar-refractivity contribution in [3.8, 4) is 11.1 Å². The highest BCUT2D eigenvalue weighted by Crippen LogP contribution is 2.37. The van der Waals surface area contributed by atoms with Gasteiger partial charge >= 0.3 is 0 Å². The van der Waals surface area contributed by atoms with E-state index in [4.69, 9.17) is 23.2 Å². The Morgan fingerprint density at radius 2 is 1.06 bits per heavy atom. The van der Waals surface area contributed by atoms with Gasteiger partial charge in [-0.05, 0) is 25.0 Å². The Bertz CT molecular complexity index is 566. The van der Waals surface area contributed by atoms with E-state index in [9.17, 15) is 8.78 Å². The Hall–Kier alpha value is -1.12. The minimum absolute atomic E-state index is 0.0415. The SMILES string of the molecule is Cc1ccc(-c2ccc(C)c(F)c2Cl)c(Cl)c1F. The number of rotatable bonds is 1. The third-order valence-corrected chi connectivity index (χ3v) is 3.58. The summed E-state index contributed by atoms with van der Waals surface area (Å²) in [7, 11) is 0. The van der Waals surface area contributed by atoms with Gasteiger partial charge < -0.3 is 0 Å². The van der Waals surface area contributed by atoms with Crippen LogP contribution in [-0.4, -0.2) is 0 Å². The van der Waals surface area contributed by atoms with Crippen molar-refractivity contribution in [1.29, 1.82) is 0 Å². The zero-order chi connectivity index (χ0) is 13.4. The zero-order valence-corrected chi connectivity index (χ0v) is 11.3. The van der Waals surface area contributed by atoms with E-state index in [1.807, 2.05) is 0 Å². The third kappa shape index (κ3) is 2.11. The molecule has 0 aromatic heterocycles. The van der Waals surface area contributed by atoms with E-state index in [0.717, 1.165) is 0 Å². The summed E-state index contributed by atoms with van der Waals surface area (Å²) >= 11 is 11.9. The Morgan fingerprint density at radius 1 is 0.722 bits per heavy atom. The van der Waals surface area contributed by atoms with Crippen LogP contribution in [0.25, 0.3) is 11.1 Å². The maximum absolute atomic E-state index is 13.7. The van der Waals surface area contributed by atoms with Gasteiger partial charge in [-0.1, -0.05) is 47.5 Å². The van der Waals surface area contributed by atoms with Crippen LogP contribution in [0.4, 0.5) is 8.78 Å². The molecule has 0 aliphatic carbocycles. The molecule has 0 heterocycles. The average molecular weight is 287 g/mol. The van der Waals surface area contributed by atoms with E-state index in [2.05, 4.69) is 0 Å². The molecular formula is C14H10Cl2F2. The van der Waals surface area contributed by atoms with Crippen LogP contribution in [0.5, 0.6) is 0 Å². The van der Waals surface area contributed by atoms with Gasteiger partial charge in [0.2, 0.25) is 0 Å². The third-order valence-electron chi connectivity index (χ3n) is 2.84. The van der Waals surface area contributed by atoms with Gasteiger partial charge in [-0.2, -0.15) is 0 Å². The normalized spacial score (nSPS) is 10.8. The number of aryl methyl sites for hydroxylation is 2. The second-order valence-corrected chi connectivity index (χ2v) is 4.87. The van der Waals surface area contributed by atoms with Crippen LogP contribution in [-0.2, 0) is 0 Å². The molecule has 0 unspecified atom stereocenters. The lowest BCUT2D eigenvalue weighted by Crippen LogP contribution is -1.92. The van der Waals surface area contributed by atoms with Gasteiger partial charge in [0.15, 0.2) is 0 Å². The Balaban J connectivity index is 2.71. The monoisotopic (exact) mass is 286 g/mol. The van der Waals surface area contributed by atoms with Crippen molar-refractivity contribution < 1.29 is 8.78 Å². The van der Waals surface area contributed by atoms with Crippen LogP contribution in [0, 0.1) is 25.5 Å². The fourth-order valence-corrected chi connectivity index (χ4v) is 2.34. The van der Waals surface area contributed by atoms with Crippen molar-refractivity contribution in [2.24, 2.45) is 0 Å². The van der Waals surface area contributed by atoms with Crippen molar-refractivity contribution in [2.75, 3.05) is 0 Å². The molecule has 0 bridgehead atoms. The fourth-order valence-electron chi connectivity index (χ4n) is 1.71. The molecule has 0 aliphatic heterocycles. The van der Waals surface area contributed by atoms with Gasteiger partial charge in [0.05, 0.1) is 10.0 Å². The summed E-state index contributed by atoms with van der Waals surface area (Å²) in [4.78, 5) is 0. The van der Waals surface area contributed by atoms with Gasteiger partial charge in [-0.3, -0.25) is 0 Å². The summed E-state index contributed by atoms with van der Waals surface area (Å²) in [6.07, 6.45) is 0. The topological polar surface area (TPSA) is 0 Å². The molecule has 0 N–H and O–H groups in total. The highest BCUT2D eigenvalue weighted by molar-refractivity contribution is 6.36. The number of benzene rings is 2. The number of hydrogen-bond acceptors (Lipinski definition) is 0. The molecule has 2 aromatic rings. The molecular weight excluding hydrogens is 277 g/mol. The maximum atomic E-state index is 13.7. The summed E-state index contributed by atoms with van der Waals surface area (Å²) in [5.41, 5.74) is 1.66. The lowest BCUT2D eigenvalue weighted by molar-refractivity contribution is 0.617. The van der Waals surface area contributed by atoms with Gasteiger partial charge in [-0.15, -0.1) is 0 Å². The van der Waals surface area contributed by atoms with Gasteiger partial charge in [0.1, 0.15) is 11.6 Å². The van der Waals surface area contributed by atoms with E-state index in [0.29, 0.717) is 22.3 Å². The van der Waals surface area contributed by atoms with Crippen LogP contribution < -0.4 is 0 Å². The highest BCUT2D eigenvalue weighted by Gasteiger charge is 2.16. The van der Waals surface area contributed by atoms with Gasteiger partial charge in [0, 0.05) is 11.1 Å². The minimum Gasteiger partial charge on any atom is -0.205 e. The molecule has 0 fully saturated rings. The Morgan fingerprint density at radius 3 is 1.39 bits per heavy atom. The summed E-state index contributed by atoms with van der Waals surface area (Å²) in [6, 6.07) is 6.45. The summed E-state index contributed by atoms with van der Waals surface area (Å²) < 4.78 is 27.4. The molecule has 0 aliphatic rings. The lowest BCUT2D eigenvalue weighted by Gasteiger charge is -2.10. The van der Waals surface area contributed by atoms with Crippen molar-refractivity contribution in [2.45, 2.75) is 13.8 Å². The van der Waals surface area contributed by atoms with Crippen LogP contribution in [0.3, 0.4) is 0 Å². The van der Waals surface area contributed by atoms with Crippen molar-refractivity contribution in [3.63, 3.8) is 0 Å². The first-order valence-corrected chi connectivity index (χ1v) is 6.08. The first kappa shape index (κ1) is 13.3. The average Bonchev–Trinajstić information content (AvgIpc) is 2.35. The lowest BCUT2D eigenvalue weighted by atomic mass is 10.0. The molecule has 0 amide bonds. The Labute approximate surface area is 114 Å². The Kier molecular flexibility index (Phi) is 3.60. The standard InChI is InChI=1S/C14H10Cl2F2/c1-7-3-5-9(11(15)13(7)17)10-6-4-8(2)14(18)12(10)16/h3-6H,1-2H3. The van der Waals surface area contributed by atoms with Crippen LogP contribution >= 0.6 is 23.2 Å². The van der Waals surface area contributed by atoms with Crippen LogP contribution in [0.1, 0.15) is 11.1 Å². The molecule has 2 aromatic carbocycles. The van der Waals surface area contributed by atoms with E-state index in [1.165, 1.54) is 0 Å². The maximum Gasteiger partial charge on any atom is 0.145 e. The van der Waals surface area contributed by atoms with Crippen molar-refractivity contribution in [1.82, 2.24) is 0 Å². The first-order valence-electron chi connectivity index (χ1n) is 5.33. The van der Waals surface area contributed by atoms with E-state index in [-0.39, 0.29) is 10.0 Å². The van der Waals surface area contributed by atoms with E-state index in [1.54, 1.807) is 38.1 Å². The summed E-state index contributed by atoms with van der Waals surface area (Å²) in [5, 5.41) is -0.0830. The van der Waals surface area contributed by atoms with Crippen molar-refractivity contribution in [3.05, 3.63) is 57.1 Å². The minimum atomic E-state index is -0.508. The van der Waals surface area contributed by atoms with E-state index >= 15 is 0 Å². The highest BCUT2D eigenvalue weighted by atomic mass is 35.5. The zero-order valence-electron chi connectivity index (χ0n) is 9.82. The number of halogens is 4. The molecule has 2 rings (SSSR count). The largest absolute Gasteiger partial charge is 0.205 e. The van der Waals surface area contributed by atoms with Gasteiger partial charge in [0.25, 0.3) is 0 Å². The van der Waals surface area contributed by atoms with Crippen LogP contribution in [0.15, 0.2) is 24.3 Å². The second-order valence-electron chi connectivity index (χ2n) is 4.12. The smallest absolute Gasteiger partial charge is 0.145 e. The predicted molar refractivity (Wildman–Crippen MR) is 71.3 cm³/mol. The molecule has 0 spiro atoms. The molecule has 0 saturated heterocycles. The molecule has 0 atom stereocenters. The first-order chi connectivity index (χ1) is 8.43. The summed E-state index contributed by atoms with van der Waals surface area (Å²) in [6.45, 7) is 3.23. The number of hydrogen-bond donors (Lipinski definition) is 0. The van der Waals surface area contributed by atoms with Crippen LogP contribution in [0.2, 0.25) is 10.0 Å².